The van der Waals surface area contributed by atoms with Crippen molar-refractivity contribution in [2.75, 3.05) is 11.9 Å². The largest absolute Gasteiger partial charge is 0.452 e. The summed E-state index contributed by atoms with van der Waals surface area (Å²) in [6.07, 6.45) is 1.51. The maximum absolute atomic E-state index is 11.8. The van der Waals surface area contributed by atoms with E-state index in [0.29, 0.717) is 11.3 Å². The van der Waals surface area contributed by atoms with Crippen LogP contribution in [0.2, 0.25) is 5.15 Å². The zero-order valence-corrected chi connectivity index (χ0v) is 13.0. The van der Waals surface area contributed by atoms with Crippen LogP contribution in [0.5, 0.6) is 0 Å². The molecule has 0 fully saturated rings. The molecule has 0 aliphatic rings. The van der Waals surface area contributed by atoms with Crippen LogP contribution >= 0.6 is 27.5 Å². The van der Waals surface area contributed by atoms with Crippen LogP contribution in [0.4, 0.5) is 5.69 Å². The summed E-state index contributed by atoms with van der Waals surface area (Å²) >= 11 is 9.06. The molecule has 0 aliphatic carbocycles. The third-order valence-corrected chi connectivity index (χ3v) is 3.22. The van der Waals surface area contributed by atoms with Gasteiger partial charge in [0.05, 0.1) is 11.3 Å². The first-order valence-corrected chi connectivity index (χ1v) is 7.06. The maximum atomic E-state index is 11.8. The van der Waals surface area contributed by atoms with E-state index < -0.39 is 18.5 Å². The highest BCUT2D eigenvalue weighted by molar-refractivity contribution is 9.10. The highest BCUT2D eigenvalue weighted by Crippen LogP contribution is 2.17. The van der Waals surface area contributed by atoms with E-state index in [4.69, 9.17) is 16.3 Å². The Kier molecular flexibility index (Phi) is 5.30. The number of hydrogen-bond donors (Lipinski definition) is 1. The van der Waals surface area contributed by atoms with Crippen LogP contribution < -0.4 is 5.32 Å². The first-order valence-electron chi connectivity index (χ1n) is 5.89. The Morgan fingerprint density at radius 3 is 2.81 bits per heavy atom. The van der Waals surface area contributed by atoms with Crippen molar-refractivity contribution in [1.82, 2.24) is 4.98 Å². The van der Waals surface area contributed by atoms with Crippen LogP contribution in [-0.2, 0) is 9.53 Å². The summed E-state index contributed by atoms with van der Waals surface area (Å²) < 4.78 is 5.67. The molecule has 0 saturated heterocycles. The molecular formula is C14H10BrClN2O3. The first kappa shape index (κ1) is 15.5. The van der Waals surface area contributed by atoms with Crippen LogP contribution in [0.1, 0.15) is 10.4 Å². The van der Waals surface area contributed by atoms with E-state index in [1.165, 1.54) is 6.20 Å². The van der Waals surface area contributed by atoms with Gasteiger partial charge in [-0.1, -0.05) is 33.6 Å². The lowest BCUT2D eigenvalue weighted by atomic mass is 10.2. The molecule has 0 spiro atoms. The number of pyridine rings is 1. The summed E-state index contributed by atoms with van der Waals surface area (Å²) in [5, 5.41) is 2.68. The molecule has 0 atom stereocenters. The molecule has 21 heavy (non-hydrogen) atoms. The maximum Gasteiger partial charge on any atom is 0.338 e. The van der Waals surface area contributed by atoms with E-state index in [1.54, 1.807) is 36.4 Å². The summed E-state index contributed by atoms with van der Waals surface area (Å²) in [5.41, 5.74) is 0.722. The van der Waals surface area contributed by atoms with Gasteiger partial charge in [-0.3, -0.25) is 4.79 Å². The van der Waals surface area contributed by atoms with Crippen LogP contribution in [-0.4, -0.2) is 23.5 Å². The van der Waals surface area contributed by atoms with Crippen LogP contribution in [0, 0.1) is 0 Å². The van der Waals surface area contributed by atoms with Crippen molar-refractivity contribution in [3.8, 4) is 0 Å². The third-order valence-electron chi connectivity index (χ3n) is 2.43. The molecule has 1 amide bonds. The second-order valence-corrected chi connectivity index (χ2v) is 5.25. The van der Waals surface area contributed by atoms with Gasteiger partial charge in [0.1, 0.15) is 0 Å². The van der Waals surface area contributed by atoms with Gasteiger partial charge in [0.15, 0.2) is 11.8 Å². The van der Waals surface area contributed by atoms with E-state index in [1.807, 2.05) is 0 Å². The van der Waals surface area contributed by atoms with Crippen molar-refractivity contribution in [2.45, 2.75) is 0 Å². The fraction of sp³-hybridized carbons (Fsp3) is 0.0714. The molecule has 0 radical (unpaired) electrons. The van der Waals surface area contributed by atoms with E-state index in [0.717, 1.165) is 4.47 Å². The van der Waals surface area contributed by atoms with Crippen molar-refractivity contribution in [3.63, 3.8) is 0 Å². The van der Waals surface area contributed by atoms with Gasteiger partial charge in [-0.2, -0.15) is 0 Å². The number of rotatable bonds is 4. The second kappa shape index (κ2) is 7.19. The molecule has 108 valence electrons. The molecular weight excluding hydrogens is 360 g/mol. The highest BCUT2D eigenvalue weighted by Gasteiger charge is 2.11. The molecule has 0 bridgehead atoms. The molecule has 1 N–H and O–H groups in total. The number of benzene rings is 1. The minimum Gasteiger partial charge on any atom is -0.452 e. The number of hydrogen-bond acceptors (Lipinski definition) is 4. The Morgan fingerprint density at radius 1 is 1.29 bits per heavy atom. The molecule has 5 nitrogen and oxygen atoms in total. The predicted molar refractivity (Wildman–Crippen MR) is 82.3 cm³/mol. The number of anilines is 1. The van der Waals surface area contributed by atoms with Crippen molar-refractivity contribution in [1.29, 1.82) is 0 Å². The third kappa shape index (κ3) is 4.54. The topological polar surface area (TPSA) is 68.3 Å². The highest BCUT2D eigenvalue weighted by atomic mass is 79.9. The monoisotopic (exact) mass is 368 g/mol. The SMILES string of the molecule is O=C(COC(=O)c1cccc(Br)c1)Nc1cccnc1Cl. The van der Waals surface area contributed by atoms with Crippen molar-refractivity contribution in [3.05, 3.63) is 57.8 Å². The normalized spacial score (nSPS) is 10.0. The summed E-state index contributed by atoms with van der Waals surface area (Å²) in [6, 6.07) is 9.93. The standard InChI is InChI=1S/C14H10BrClN2O3/c15-10-4-1-3-9(7-10)14(20)21-8-12(19)18-11-5-2-6-17-13(11)16/h1-7H,8H2,(H,18,19). The minimum absolute atomic E-state index is 0.171. The molecule has 0 aliphatic heterocycles. The number of amides is 1. The van der Waals surface area contributed by atoms with Gasteiger partial charge in [0.25, 0.3) is 5.91 Å². The average molecular weight is 370 g/mol. The Hall–Kier alpha value is -1.92. The molecule has 2 rings (SSSR count). The number of esters is 1. The van der Waals surface area contributed by atoms with E-state index in [2.05, 4.69) is 26.2 Å². The average Bonchev–Trinajstić information content (AvgIpc) is 2.47. The zero-order valence-electron chi connectivity index (χ0n) is 10.7. The number of ether oxygens (including phenoxy) is 1. The second-order valence-electron chi connectivity index (χ2n) is 3.98. The number of carbonyl (C=O) groups excluding carboxylic acids is 2. The van der Waals surface area contributed by atoms with Gasteiger partial charge in [-0.05, 0) is 30.3 Å². The minimum atomic E-state index is -0.580. The van der Waals surface area contributed by atoms with Crippen LogP contribution in [0.25, 0.3) is 0 Å². The predicted octanol–water partition coefficient (Wildman–Crippen LogP) is 3.29. The van der Waals surface area contributed by atoms with Gasteiger partial charge in [0.2, 0.25) is 0 Å². The van der Waals surface area contributed by atoms with E-state index in [-0.39, 0.29) is 5.15 Å². The fourth-order valence-electron chi connectivity index (χ4n) is 1.50. The lowest BCUT2D eigenvalue weighted by molar-refractivity contribution is -0.119. The Labute approximate surface area is 134 Å². The number of nitrogens with one attached hydrogen (secondary N) is 1. The molecule has 1 aromatic carbocycles. The van der Waals surface area contributed by atoms with Gasteiger partial charge in [0, 0.05) is 10.7 Å². The number of aromatic nitrogens is 1. The van der Waals surface area contributed by atoms with Gasteiger partial charge in [-0.25, -0.2) is 9.78 Å². The Balaban J connectivity index is 1.90. The van der Waals surface area contributed by atoms with E-state index in [9.17, 15) is 9.59 Å². The molecule has 0 saturated carbocycles. The summed E-state index contributed by atoms with van der Waals surface area (Å²) in [6.45, 7) is -0.406. The molecule has 0 unspecified atom stereocenters. The number of halogens is 2. The molecule has 7 heteroatoms. The van der Waals surface area contributed by atoms with Crippen LogP contribution in [0.15, 0.2) is 47.1 Å². The van der Waals surface area contributed by atoms with Crippen molar-refractivity contribution >= 4 is 45.1 Å². The molecule has 1 aromatic heterocycles. The number of carbonyl (C=O) groups is 2. The van der Waals surface area contributed by atoms with E-state index >= 15 is 0 Å². The van der Waals surface area contributed by atoms with Gasteiger partial charge in [-0.15, -0.1) is 0 Å². The molecule has 2 aromatic rings. The molecule has 1 heterocycles. The first-order chi connectivity index (χ1) is 10.1. The summed E-state index contributed by atoms with van der Waals surface area (Å²) in [4.78, 5) is 27.3. The van der Waals surface area contributed by atoms with Crippen LogP contribution in [0.3, 0.4) is 0 Å². The quantitative estimate of drug-likeness (QED) is 0.663. The van der Waals surface area contributed by atoms with Crippen molar-refractivity contribution < 1.29 is 14.3 Å². The van der Waals surface area contributed by atoms with Crippen molar-refractivity contribution in [2.24, 2.45) is 0 Å². The smallest absolute Gasteiger partial charge is 0.338 e. The summed E-state index contributed by atoms with van der Waals surface area (Å²) in [7, 11) is 0. The van der Waals surface area contributed by atoms with Gasteiger partial charge >= 0.3 is 5.97 Å². The Bertz CT molecular complexity index is 679. The fourth-order valence-corrected chi connectivity index (χ4v) is 2.06. The Morgan fingerprint density at radius 2 is 2.10 bits per heavy atom. The van der Waals surface area contributed by atoms with Gasteiger partial charge < -0.3 is 10.1 Å². The number of nitrogens with zero attached hydrogens (tertiary/aromatic N) is 1. The lowest BCUT2D eigenvalue weighted by Gasteiger charge is -2.07. The summed E-state index contributed by atoms with van der Waals surface area (Å²) in [5.74, 6) is -1.07. The zero-order chi connectivity index (χ0) is 15.2. The lowest BCUT2D eigenvalue weighted by Crippen LogP contribution is -2.21.